The second kappa shape index (κ2) is 10.3. The van der Waals surface area contributed by atoms with Gasteiger partial charge in [-0.2, -0.15) is 13.2 Å². The van der Waals surface area contributed by atoms with Gasteiger partial charge in [0.2, 0.25) is 5.91 Å². The number of hydrogen-bond acceptors (Lipinski definition) is 6. The van der Waals surface area contributed by atoms with Crippen molar-refractivity contribution >= 4 is 28.5 Å². The molecule has 32 heavy (non-hydrogen) atoms. The molecule has 3 rings (SSSR count). The number of alkyl halides is 3. The number of ether oxygens (including phenoxy) is 2. The van der Waals surface area contributed by atoms with Crippen molar-refractivity contribution in [3.8, 4) is 22.8 Å². The number of aromatic nitrogens is 1. The molecule has 2 aromatic carbocycles. The lowest BCUT2D eigenvalue weighted by Crippen LogP contribution is -2.34. The molecule has 1 amide bonds. The Bertz CT molecular complexity index is 1060. The number of halogens is 3. The fourth-order valence-electron chi connectivity index (χ4n) is 2.49. The van der Waals surface area contributed by atoms with E-state index in [4.69, 9.17) is 14.6 Å². The van der Waals surface area contributed by atoms with Crippen LogP contribution in [0.25, 0.3) is 17.3 Å². The molecule has 0 aliphatic heterocycles. The molecule has 1 heterocycles. The SMILES string of the molecule is COc1ccc(-c2csc(NC(=O)/C=C/c3ccc(OCC(O)C(F)(F)F)cc3)n2)cc1. The number of amides is 1. The minimum Gasteiger partial charge on any atom is -0.497 e. The zero-order chi connectivity index (χ0) is 23.1. The van der Waals surface area contributed by atoms with Crippen LogP contribution in [0.2, 0.25) is 0 Å². The van der Waals surface area contributed by atoms with Crippen molar-refractivity contribution in [3.63, 3.8) is 0 Å². The highest BCUT2D eigenvalue weighted by Crippen LogP contribution is 2.26. The summed E-state index contributed by atoms with van der Waals surface area (Å²) in [6.07, 6.45) is -4.43. The van der Waals surface area contributed by atoms with Gasteiger partial charge in [-0.05, 0) is 48.0 Å². The largest absolute Gasteiger partial charge is 0.497 e. The standard InChI is InChI=1S/C22H19F3N2O4S/c1-30-16-9-5-15(6-10-16)18-13-32-21(26-18)27-20(29)11-4-14-2-7-17(8-3-14)31-12-19(28)22(23,24)25/h2-11,13,19,28H,12H2,1H3,(H,26,27,29)/b11-4+. The third kappa shape index (κ3) is 6.56. The summed E-state index contributed by atoms with van der Waals surface area (Å²) in [5, 5.41) is 13.9. The molecule has 1 unspecified atom stereocenters. The van der Waals surface area contributed by atoms with E-state index >= 15 is 0 Å². The van der Waals surface area contributed by atoms with Crippen molar-refractivity contribution < 1.29 is 32.5 Å². The molecule has 1 atom stereocenters. The Morgan fingerprint density at radius 1 is 1.16 bits per heavy atom. The van der Waals surface area contributed by atoms with Gasteiger partial charge in [0.25, 0.3) is 0 Å². The minimum atomic E-state index is -4.73. The van der Waals surface area contributed by atoms with Gasteiger partial charge in [-0.1, -0.05) is 12.1 Å². The normalized spacial score (nSPS) is 12.5. The van der Waals surface area contributed by atoms with Crippen molar-refractivity contribution in [1.82, 2.24) is 4.98 Å². The van der Waals surface area contributed by atoms with Gasteiger partial charge in [-0.25, -0.2) is 4.98 Å². The van der Waals surface area contributed by atoms with E-state index in [-0.39, 0.29) is 11.7 Å². The molecular weight excluding hydrogens is 445 g/mol. The molecule has 0 aliphatic carbocycles. The van der Waals surface area contributed by atoms with Crippen LogP contribution in [0.4, 0.5) is 18.3 Å². The molecule has 1 aromatic heterocycles. The summed E-state index contributed by atoms with van der Waals surface area (Å²) >= 11 is 1.29. The van der Waals surface area contributed by atoms with Crippen LogP contribution in [0.1, 0.15) is 5.56 Å². The molecule has 168 valence electrons. The zero-order valence-corrected chi connectivity index (χ0v) is 17.6. The molecule has 0 spiro atoms. The highest BCUT2D eigenvalue weighted by atomic mass is 32.1. The maximum atomic E-state index is 12.3. The fourth-order valence-corrected chi connectivity index (χ4v) is 3.21. The van der Waals surface area contributed by atoms with Gasteiger partial charge >= 0.3 is 6.18 Å². The van der Waals surface area contributed by atoms with Crippen LogP contribution in [-0.2, 0) is 4.79 Å². The number of nitrogens with zero attached hydrogens (tertiary/aromatic N) is 1. The van der Waals surface area contributed by atoms with Gasteiger partial charge in [0, 0.05) is 17.0 Å². The van der Waals surface area contributed by atoms with Crippen LogP contribution in [-0.4, -0.2) is 42.0 Å². The molecule has 0 fully saturated rings. The maximum Gasteiger partial charge on any atom is 0.417 e. The molecule has 0 radical (unpaired) electrons. The fraction of sp³-hybridized carbons (Fsp3) is 0.182. The van der Waals surface area contributed by atoms with Crippen LogP contribution >= 0.6 is 11.3 Å². The number of aliphatic hydroxyl groups excluding tert-OH is 1. The number of carbonyl (C=O) groups is 1. The number of thiazole rings is 1. The summed E-state index contributed by atoms with van der Waals surface area (Å²) in [6, 6.07) is 13.4. The number of anilines is 1. The van der Waals surface area contributed by atoms with Crippen molar-refractivity contribution in [2.24, 2.45) is 0 Å². The number of benzene rings is 2. The molecule has 0 saturated heterocycles. The lowest BCUT2D eigenvalue weighted by Gasteiger charge is -2.15. The topological polar surface area (TPSA) is 80.7 Å². The van der Waals surface area contributed by atoms with Crippen LogP contribution < -0.4 is 14.8 Å². The first-order chi connectivity index (χ1) is 15.2. The summed E-state index contributed by atoms with van der Waals surface area (Å²) < 4.78 is 46.9. The molecule has 10 heteroatoms. The van der Waals surface area contributed by atoms with Gasteiger partial charge in [0.1, 0.15) is 18.1 Å². The Morgan fingerprint density at radius 3 is 2.44 bits per heavy atom. The molecule has 2 N–H and O–H groups in total. The summed E-state index contributed by atoms with van der Waals surface area (Å²) in [5.74, 6) is 0.527. The van der Waals surface area contributed by atoms with Crippen molar-refractivity contribution in [1.29, 1.82) is 0 Å². The third-order valence-electron chi connectivity index (χ3n) is 4.21. The Labute approximate surface area is 185 Å². The monoisotopic (exact) mass is 464 g/mol. The van der Waals surface area contributed by atoms with E-state index in [9.17, 15) is 18.0 Å². The van der Waals surface area contributed by atoms with Gasteiger partial charge in [-0.3, -0.25) is 10.1 Å². The smallest absolute Gasteiger partial charge is 0.417 e. The molecule has 3 aromatic rings. The number of nitrogens with one attached hydrogen (secondary N) is 1. The van der Waals surface area contributed by atoms with Crippen molar-refractivity contribution in [3.05, 3.63) is 65.6 Å². The number of carbonyl (C=O) groups excluding carboxylic acids is 1. The van der Waals surface area contributed by atoms with Crippen LogP contribution in [0.3, 0.4) is 0 Å². The average Bonchev–Trinajstić information content (AvgIpc) is 3.24. The molecular formula is C22H19F3N2O4S. The Hall–Kier alpha value is -3.37. The Balaban J connectivity index is 1.52. The highest BCUT2D eigenvalue weighted by molar-refractivity contribution is 7.14. The van der Waals surface area contributed by atoms with E-state index in [1.165, 1.54) is 29.5 Å². The lowest BCUT2D eigenvalue weighted by molar-refractivity contribution is -0.210. The number of methoxy groups -OCH3 is 1. The summed E-state index contributed by atoms with van der Waals surface area (Å²) in [5.41, 5.74) is 2.26. The first-order valence-corrected chi connectivity index (χ1v) is 10.2. The van der Waals surface area contributed by atoms with Crippen LogP contribution in [0, 0.1) is 0 Å². The van der Waals surface area contributed by atoms with E-state index < -0.39 is 18.9 Å². The summed E-state index contributed by atoms with van der Waals surface area (Å²) in [4.78, 5) is 16.5. The van der Waals surface area contributed by atoms with Crippen molar-refractivity contribution in [2.75, 3.05) is 19.0 Å². The van der Waals surface area contributed by atoms with Gasteiger partial charge in [0.15, 0.2) is 11.2 Å². The van der Waals surface area contributed by atoms with Crippen molar-refractivity contribution in [2.45, 2.75) is 12.3 Å². The number of hydrogen-bond donors (Lipinski definition) is 2. The number of rotatable bonds is 8. The first-order valence-electron chi connectivity index (χ1n) is 9.31. The second-order valence-corrected chi connectivity index (χ2v) is 7.38. The van der Waals surface area contributed by atoms with Crippen LogP contribution in [0.15, 0.2) is 60.0 Å². The molecule has 0 bridgehead atoms. The first kappa shape index (κ1) is 23.3. The van der Waals surface area contributed by atoms with E-state index in [1.54, 1.807) is 25.3 Å². The molecule has 0 aliphatic rings. The van der Waals surface area contributed by atoms with E-state index in [0.29, 0.717) is 10.7 Å². The average molecular weight is 464 g/mol. The highest BCUT2D eigenvalue weighted by Gasteiger charge is 2.38. The quantitative estimate of drug-likeness (QED) is 0.470. The van der Waals surface area contributed by atoms with Gasteiger partial charge in [0.05, 0.1) is 12.8 Å². The lowest BCUT2D eigenvalue weighted by atomic mass is 10.2. The second-order valence-electron chi connectivity index (χ2n) is 6.53. The zero-order valence-electron chi connectivity index (χ0n) is 16.8. The molecule has 0 saturated carbocycles. The van der Waals surface area contributed by atoms with E-state index in [1.807, 2.05) is 29.6 Å². The summed E-state index contributed by atoms with van der Waals surface area (Å²) in [7, 11) is 1.59. The number of aliphatic hydroxyl groups is 1. The minimum absolute atomic E-state index is 0.170. The Kier molecular flexibility index (Phi) is 7.49. The van der Waals surface area contributed by atoms with Gasteiger partial charge < -0.3 is 14.6 Å². The van der Waals surface area contributed by atoms with Gasteiger partial charge in [-0.15, -0.1) is 11.3 Å². The van der Waals surface area contributed by atoms with E-state index in [2.05, 4.69) is 10.3 Å². The van der Waals surface area contributed by atoms with E-state index in [0.717, 1.165) is 17.0 Å². The predicted molar refractivity (Wildman–Crippen MR) is 116 cm³/mol. The van der Waals surface area contributed by atoms with Crippen LogP contribution in [0.5, 0.6) is 11.5 Å². The predicted octanol–water partition coefficient (Wildman–Crippen LogP) is 4.77. The molecule has 6 nitrogen and oxygen atoms in total. The third-order valence-corrected chi connectivity index (χ3v) is 4.97. The maximum absolute atomic E-state index is 12.3. The Morgan fingerprint density at radius 2 is 1.81 bits per heavy atom. The summed E-state index contributed by atoms with van der Waals surface area (Å²) in [6.45, 7) is -0.895.